The van der Waals surface area contributed by atoms with Crippen molar-refractivity contribution in [2.24, 2.45) is 0 Å². The summed E-state index contributed by atoms with van der Waals surface area (Å²) in [7, 11) is -1.79. The molecule has 2 aromatic carbocycles. The molecule has 0 unspecified atom stereocenters. The molecule has 0 spiro atoms. The molecule has 0 saturated carbocycles. The summed E-state index contributed by atoms with van der Waals surface area (Å²) < 4.78 is 40.1. The van der Waals surface area contributed by atoms with Gasteiger partial charge in [-0.05, 0) is 49.9 Å². The van der Waals surface area contributed by atoms with Gasteiger partial charge in [0.1, 0.15) is 11.9 Å². The molecular weight excluding hydrogens is 419 g/mol. The van der Waals surface area contributed by atoms with Crippen molar-refractivity contribution in [3.63, 3.8) is 0 Å². The maximum atomic E-state index is 14.4. The molecule has 1 heterocycles. The summed E-state index contributed by atoms with van der Waals surface area (Å²) in [5.41, 5.74) is 1.49. The van der Waals surface area contributed by atoms with Crippen molar-refractivity contribution in [1.29, 1.82) is 0 Å². The predicted octanol–water partition coefficient (Wildman–Crippen LogP) is 2.76. The normalized spacial score (nSPS) is 16.1. The highest BCUT2D eigenvalue weighted by Gasteiger charge is 2.33. The number of hydrogen-bond acceptors (Lipinski definition) is 5. The van der Waals surface area contributed by atoms with E-state index in [0.29, 0.717) is 5.69 Å². The number of likely N-dealkylation sites (N-methyl/N-ethyl adjacent to an activating group) is 1. The standard InChI is InChI=1S/C22H29FN4O3S/c1-4-20(27(31(3,29)30)21-8-6-5-7-19(21)23)22(28)24-17-9-11-18(12-10-17)26-15-13-25(2)14-16-26/h5-12,20H,4,13-16H2,1-3H3,(H,24,28)/t20-/m0/s1. The molecule has 1 fully saturated rings. The first kappa shape index (κ1) is 23.0. The van der Waals surface area contributed by atoms with Crippen LogP contribution in [-0.2, 0) is 14.8 Å². The van der Waals surface area contributed by atoms with Crippen molar-refractivity contribution >= 4 is 33.0 Å². The number of amides is 1. The number of para-hydroxylation sites is 1. The van der Waals surface area contributed by atoms with E-state index < -0.39 is 27.8 Å². The number of carbonyl (C=O) groups is 1. The van der Waals surface area contributed by atoms with Crippen LogP contribution in [0.15, 0.2) is 48.5 Å². The molecule has 3 rings (SSSR count). The molecule has 0 aromatic heterocycles. The van der Waals surface area contributed by atoms with Gasteiger partial charge in [-0.3, -0.25) is 9.10 Å². The van der Waals surface area contributed by atoms with Gasteiger partial charge >= 0.3 is 0 Å². The van der Waals surface area contributed by atoms with Crippen LogP contribution in [0.4, 0.5) is 21.5 Å². The highest BCUT2D eigenvalue weighted by molar-refractivity contribution is 7.92. The smallest absolute Gasteiger partial charge is 0.248 e. The monoisotopic (exact) mass is 448 g/mol. The van der Waals surface area contributed by atoms with Crippen molar-refractivity contribution in [3.05, 3.63) is 54.3 Å². The van der Waals surface area contributed by atoms with Crippen LogP contribution in [-0.4, -0.2) is 64.7 Å². The summed E-state index contributed by atoms with van der Waals surface area (Å²) >= 11 is 0. The molecule has 31 heavy (non-hydrogen) atoms. The molecule has 1 atom stereocenters. The fraction of sp³-hybridized carbons (Fsp3) is 0.409. The van der Waals surface area contributed by atoms with Crippen LogP contribution >= 0.6 is 0 Å². The molecule has 2 aromatic rings. The number of halogens is 1. The Labute approximate surface area is 183 Å². The summed E-state index contributed by atoms with van der Waals surface area (Å²) in [5.74, 6) is -1.21. The highest BCUT2D eigenvalue weighted by Crippen LogP contribution is 2.26. The van der Waals surface area contributed by atoms with E-state index in [-0.39, 0.29) is 12.1 Å². The third kappa shape index (κ3) is 5.54. The van der Waals surface area contributed by atoms with Crippen molar-refractivity contribution < 1.29 is 17.6 Å². The lowest BCUT2D eigenvalue weighted by molar-refractivity contribution is -0.117. The van der Waals surface area contributed by atoms with Gasteiger partial charge in [0.05, 0.1) is 11.9 Å². The Morgan fingerprint density at radius 2 is 1.71 bits per heavy atom. The first-order chi connectivity index (χ1) is 14.7. The number of rotatable bonds is 7. The molecule has 0 bridgehead atoms. The maximum Gasteiger partial charge on any atom is 0.248 e. The van der Waals surface area contributed by atoms with Crippen LogP contribution in [0.5, 0.6) is 0 Å². The molecule has 1 amide bonds. The van der Waals surface area contributed by atoms with E-state index in [4.69, 9.17) is 0 Å². The zero-order valence-electron chi connectivity index (χ0n) is 18.1. The number of hydrogen-bond donors (Lipinski definition) is 1. The topological polar surface area (TPSA) is 73.0 Å². The summed E-state index contributed by atoms with van der Waals surface area (Å²) in [6, 6.07) is 11.9. The van der Waals surface area contributed by atoms with Gasteiger partial charge in [0.2, 0.25) is 15.9 Å². The van der Waals surface area contributed by atoms with E-state index in [1.165, 1.54) is 24.3 Å². The minimum absolute atomic E-state index is 0.141. The Bertz CT molecular complexity index is 1010. The first-order valence-corrected chi connectivity index (χ1v) is 12.1. The minimum atomic E-state index is -3.89. The zero-order chi connectivity index (χ0) is 22.6. The van der Waals surface area contributed by atoms with Gasteiger partial charge in [0.25, 0.3) is 0 Å². The summed E-state index contributed by atoms with van der Waals surface area (Å²) in [4.78, 5) is 17.5. The largest absolute Gasteiger partial charge is 0.369 e. The van der Waals surface area contributed by atoms with E-state index in [1.54, 1.807) is 19.1 Å². The lowest BCUT2D eigenvalue weighted by atomic mass is 10.1. The third-order valence-electron chi connectivity index (χ3n) is 5.42. The van der Waals surface area contributed by atoms with Crippen LogP contribution < -0.4 is 14.5 Å². The third-order valence-corrected chi connectivity index (χ3v) is 6.59. The Hall–Kier alpha value is -2.65. The Kier molecular flexibility index (Phi) is 7.17. The van der Waals surface area contributed by atoms with Gasteiger partial charge < -0.3 is 15.1 Å². The molecule has 1 aliphatic rings. The van der Waals surface area contributed by atoms with E-state index in [2.05, 4.69) is 22.2 Å². The maximum absolute atomic E-state index is 14.4. The second-order valence-electron chi connectivity index (χ2n) is 7.76. The van der Waals surface area contributed by atoms with Gasteiger partial charge in [-0.15, -0.1) is 0 Å². The van der Waals surface area contributed by atoms with Gasteiger partial charge in [0, 0.05) is 37.6 Å². The average Bonchev–Trinajstić information content (AvgIpc) is 2.73. The highest BCUT2D eigenvalue weighted by atomic mass is 32.2. The lowest BCUT2D eigenvalue weighted by Gasteiger charge is -2.34. The average molecular weight is 449 g/mol. The molecule has 7 nitrogen and oxygen atoms in total. The summed E-state index contributed by atoms with van der Waals surface area (Å²) in [5, 5.41) is 2.78. The Morgan fingerprint density at radius 3 is 2.26 bits per heavy atom. The number of benzene rings is 2. The number of sulfonamides is 1. The van der Waals surface area contributed by atoms with E-state index >= 15 is 0 Å². The van der Waals surface area contributed by atoms with E-state index in [0.717, 1.165) is 42.4 Å². The summed E-state index contributed by atoms with van der Waals surface area (Å²) in [6.45, 7) is 5.56. The van der Waals surface area contributed by atoms with Crippen molar-refractivity contribution in [1.82, 2.24) is 4.90 Å². The van der Waals surface area contributed by atoms with Crippen LogP contribution in [0.3, 0.4) is 0 Å². The molecule has 0 aliphatic carbocycles. The molecule has 1 saturated heterocycles. The number of carbonyl (C=O) groups excluding carboxylic acids is 1. The number of nitrogens with one attached hydrogen (secondary N) is 1. The van der Waals surface area contributed by atoms with Crippen LogP contribution in [0.25, 0.3) is 0 Å². The van der Waals surface area contributed by atoms with Gasteiger partial charge in [-0.25, -0.2) is 12.8 Å². The molecule has 0 radical (unpaired) electrons. The van der Waals surface area contributed by atoms with Gasteiger partial charge in [-0.2, -0.15) is 0 Å². The molecule has 168 valence electrons. The first-order valence-electron chi connectivity index (χ1n) is 10.3. The quantitative estimate of drug-likeness (QED) is 0.705. The second kappa shape index (κ2) is 9.65. The molecule has 9 heteroatoms. The van der Waals surface area contributed by atoms with Gasteiger partial charge in [0.15, 0.2) is 0 Å². The summed E-state index contributed by atoms with van der Waals surface area (Å²) in [6.07, 6.45) is 1.16. The Morgan fingerprint density at radius 1 is 1.10 bits per heavy atom. The fourth-order valence-electron chi connectivity index (χ4n) is 3.71. The molecular formula is C22H29FN4O3S. The lowest BCUT2D eigenvalue weighted by Crippen LogP contribution is -2.47. The van der Waals surface area contributed by atoms with Crippen LogP contribution in [0, 0.1) is 5.82 Å². The van der Waals surface area contributed by atoms with Crippen molar-refractivity contribution in [2.45, 2.75) is 19.4 Å². The molecule has 1 N–H and O–H groups in total. The van der Waals surface area contributed by atoms with Crippen molar-refractivity contribution in [3.8, 4) is 0 Å². The fourth-order valence-corrected chi connectivity index (χ4v) is 4.92. The second-order valence-corrected chi connectivity index (χ2v) is 9.62. The SMILES string of the molecule is CC[C@@H](C(=O)Nc1ccc(N2CCN(C)CC2)cc1)N(c1ccccc1F)S(C)(=O)=O. The molecule has 1 aliphatic heterocycles. The predicted molar refractivity (Wildman–Crippen MR) is 123 cm³/mol. The Balaban J connectivity index is 1.77. The number of nitrogens with zero attached hydrogens (tertiary/aromatic N) is 3. The van der Waals surface area contributed by atoms with Gasteiger partial charge in [-0.1, -0.05) is 19.1 Å². The minimum Gasteiger partial charge on any atom is -0.369 e. The zero-order valence-corrected chi connectivity index (χ0v) is 18.9. The van der Waals surface area contributed by atoms with E-state index in [9.17, 15) is 17.6 Å². The number of anilines is 3. The van der Waals surface area contributed by atoms with Crippen molar-refractivity contribution in [2.75, 3.05) is 54.0 Å². The van der Waals surface area contributed by atoms with Crippen LogP contribution in [0.2, 0.25) is 0 Å². The number of piperazine rings is 1. The van der Waals surface area contributed by atoms with Crippen LogP contribution in [0.1, 0.15) is 13.3 Å². The van der Waals surface area contributed by atoms with E-state index in [1.807, 2.05) is 12.1 Å².